The first-order chi connectivity index (χ1) is 6.69. The highest BCUT2D eigenvalue weighted by Gasteiger charge is 2.42. The Bertz CT molecular complexity index is 324. The van der Waals surface area contributed by atoms with E-state index in [0.717, 1.165) is 6.42 Å². The van der Waals surface area contributed by atoms with Gasteiger partial charge in [0.2, 0.25) is 0 Å². The van der Waals surface area contributed by atoms with Crippen LogP contribution in [0.1, 0.15) is 27.2 Å². The molecule has 1 rings (SSSR count). The number of nitrogens with zero attached hydrogens (tertiary/aromatic N) is 1. The zero-order valence-corrected chi connectivity index (χ0v) is 10.7. The van der Waals surface area contributed by atoms with E-state index in [2.05, 4.69) is 20.8 Å². The lowest BCUT2D eigenvalue weighted by atomic mass is 9.97. The van der Waals surface area contributed by atoms with E-state index in [1.165, 1.54) is 0 Å². The van der Waals surface area contributed by atoms with Gasteiger partial charge < -0.3 is 5.11 Å². The Balaban J connectivity index is 2.82. The number of hydrogen-bond donors (Lipinski definition) is 1. The summed E-state index contributed by atoms with van der Waals surface area (Å²) in [4.78, 5) is 1.99. The van der Waals surface area contributed by atoms with Crippen LogP contribution in [0.25, 0.3) is 0 Å². The van der Waals surface area contributed by atoms with Crippen molar-refractivity contribution in [2.24, 2.45) is 0 Å². The van der Waals surface area contributed by atoms with Gasteiger partial charge in [-0.3, -0.25) is 4.90 Å². The van der Waals surface area contributed by atoms with Crippen LogP contribution >= 0.6 is 0 Å². The fourth-order valence-corrected chi connectivity index (χ4v) is 3.72. The topological polar surface area (TPSA) is 57.6 Å². The molecule has 1 aliphatic heterocycles. The van der Waals surface area contributed by atoms with Gasteiger partial charge in [-0.05, 0) is 27.3 Å². The Kier molecular flexibility index (Phi) is 3.48. The minimum absolute atomic E-state index is 0.0775. The van der Waals surface area contributed by atoms with Crippen LogP contribution in [-0.4, -0.2) is 54.7 Å². The molecule has 0 saturated carbocycles. The lowest BCUT2D eigenvalue weighted by molar-refractivity contribution is 0.0361. The minimum Gasteiger partial charge on any atom is -0.390 e. The average molecular weight is 235 g/mol. The first kappa shape index (κ1) is 12.9. The summed E-state index contributed by atoms with van der Waals surface area (Å²) < 4.78 is 22.8. The van der Waals surface area contributed by atoms with Crippen LogP contribution in [0.2, 0.25) is 0 Å². The Morgan fingerprint density at radius 1 is 1.40 bits per heavy atom. The van der Waals surface area contributed by atoms with Gasteiger partial charge in [0.05, 0.1) is 23.7 Å². The minimum atomic E-state index is -3.05. The molecule has 0 aromatic carbocycles. The molecule has 4 nitrogen and oxygen atoms in total. The van der Waals surface area contributed by atoms with E-state index >= 15 is 0 Å². The van der Waals surface area contributed by atoms with Gasteiger partial charge in [-0.2, -0.15) is 0 Å². The van der Waals surface area contributed by atoms with Crippen molar-refractivity contribution in [3.05, 3.63) is 0 Å². The number of rotatable bonds is 3. The van der Waals surface area contributed by atoms with E-state index in [9.17, 15) is 13.5 Å². The largest absolute Gasteiger partial charge is 0.390 e. The summed E-state index contributed by atoms with van der Waals surface area (Å²) in [6, 6.07) is -0.259. The molecular weight excluding hydrogens is 214 g/mol. The summed E-state index contributed by atoms with van der Waals surface area (Å²) in [5.74, 6) is -0.0180. The Labute approximate surface area is 92.2 Å². The molecule has 2 unspecified atom stereocenters. The van der Waals surface area contributed by atoms with Gasteiger partial charge in [0.15, 0.2) is 9.84 Å². The third kappa shape index (κ3) is 2.71. The van der Waals surface area contributed by atoms with Crippen LogP contribution < -0.4 is 0 Å². The quantitative estimate of drug-likeness (QED) is 0.762. The molecule has 90 valence electrons. The standard InChI is InChI=1S/C10H21NO3S/c1-5-10(2,3)11(4)8-6-15(13,14)7-9(8)12/h8-9,12H,5-7H2,1-4H3. The summed E-state index contributed by atoms with van der Waals surface area (Å²) in [5, 5.41) is 9.73. The van der Waals surface area contributed by atoms with Crippen LogP contribution in [0, 0.1) is 0 Å². The van der Waals surface area contributed by atoms with Crippen LogP contribution in [0.15, 0.2) is 0 Å². The summed E-state index contributed by atoms with van der Waals surface area (Å²) in [5.41, 5.74) is -0.0779. The molecular formula is C10H21NO3S. The van der Waals surface area contributed by atoms with Crippen LogP contribution in [0.4, 0.5) is 0 Å². The summed E-state index contributed by atoms with van der Waals surface area (Å²) in [6.45, 7) is 6.18. The first-order valence-electron chi connectivity index (χ1n) is 5.31. The van der Waals surface area contributed by atoms with Gasteiger partial charge in [-0.25, -0.2) is 8.42 Å². The number of hydrogen-bond acceptors (Lipinski definition) is 4. The average Bonchev–Trinajstić information content (AvgIpc) is 2.38. The van der Waals surface area contributed by atoms with Crippen molar-refractivity contribution in [2.45, 2.75) is 44.9 Å². The van der Waals surface area contributed by atoms with Crippen LogP contribution in [0.3, 0.4) is 0 Å². The molecule has 1 N–H and O–H groups in total. The fraction of sp³-hybridized carbons (Fsp3) is 1.00. The molecule has 0 spiro atoms. The van der Waals surface area contributed by atoms with Gasteiger partial charge in [-0.15, -0.1) is 0 Å². The number of aliphatic hydroxyl groups excluding tert-OH is 1. The predicted octanol–water partition coefficient (Wildman–Crippen LogP) is 0.265. The molecule has 0 aliphatic carbocycles. The number of sulfone groups is 1. The maximum Gasteiger partial charge on any atom is 0.154 e. The molecule has 5 heteroatoms. The van der Waals surface area contributed by atoms with Crippen molar-refractivity contribution in [1.29, 1.82) is 0 Å². The molecule has 15 heavy (non-hydrogen) atoms. The van der Waals surface area contributed by atoms with Crippen molar-refractivity contribution >= 4 is 9.84 Å². The van der Waals surface area contributed by atoms with Crippen molar-refractivity contribution in [1.82, 2.24) is 4.90 Å². The van der Waals surface area contributed by atoms with E-state index in [-0.39, 0.29) is 23.1 Å². The zero-order chi connectivity index (χ0) is 11.9. The Hall–Kier alpha value is -0.130. The highest BCUT2D eigenvalue weighted by Crippen LogP contribution is 2.25. The molecule has 1 aliphatic rings. The second kappa shape index (κ2) is 4.03. The normalized spacial score (nSPS) is 31.1. The van der Waals surface area contributed by atoms with E-state index in [4.69, 9.17) is 0 Å². The molecule has 1 saturated heterocycles. The highest BCUT2D eigenvalue weighted by atomic mass is 32.2. The summed E-state index contributed by atoms with van der Waals surface area (Å²) >= 11 is 0. The van der Waals surface area contributed by atoms with Gasteiger partial charge in [0, 0.05) is 5.54 Å². The Morgan fingerprint density at radius 2 is 1.93 bits per heavy atom. The summed E-state index contributed by atoms with van der Waals surface area (Å²) in [6.07, 6.45) is 0.179. The molecule has 0 aromatic heterocycles. The van der Waals surface area contributed by atoms with E-state index in [0.29, 0.717) is 0 Å². The van der Waals surface area contributed by atoms with Gasteiger partial charge >= 0.3 is 0 Å². The Morgan fingerprint density at radius 3 is 2.27 bits per heavy atom. The lowest BCUT2D eigenvalue weighted by Crippen LogP contribution is -2.51. The van der Waals surface area contributed by atoms with Crippen molar-refractivity contribution in [3.63, 3.8) is 0 Å². The van der Waals surface area contributed by atoms with E-state index in [1.807, 2.05) is 11.9 Å². The second-order valence-electron chi connectivity index (χ2n) is 4.99. The van der Waals surface area contributed by atoms with Crippen molar-refractivity contribution in [3.8, 4) is 0 Å². The third-order valence-electron chi connectivity index (χ3n) is 3.61. The molecule has 0 aromatic rings. The predicted molar refractivity (Wildman–Crippen MR) is 60.6 cm³/mol. The second-order valence-corrected chi connectivity index (χ2v) is 7.14. The monoisotopic (exact) mass is 235 g/mol. The number of aliphatic hydroxyl groups is 1. The van der Waals surface area contributed by atoms with E-state index < -0.39 is 15.9 Å². The molecule has 0 amide bonds. The molecule has 0 radical (unpaired) electrons. The van der Waals surface area contributed by atoms with Gasteiger partial charge in [0.25, 0.3) is 0 Å². The van der Waals surface area contributed by atoms with Crippen molar-refractivity contribution < 1.29 is 13.5 Å². The first-order valence-corrected chi connectivity index (χ1v) is 7.13. The van der Waals surface area contributed by atoms with Crippen molar-refractivity contribution in [2.75, 3.05) is 18.6 Å². The maximum atomic E-state index is 11.4. The highest BCUT2D eigenvalue weighted by molar-refractivity contribution is 7.91. The fourth-order valence-electron chi connectivity index (χ4n) is 1.88. The SMILES string of the molecule is CCC(C)(C)N(C)C1CS(=O)(=O)CC1O. The van der Waals surface area contributed by atoms with Gasteiger partial charge in [-0.1, -0.05) is 6.92 Å². The van der Waals surface area contributed by atoms with Crippen LogP contribution in [-0.2, 0) is 9.84 Å². The van der Waals surface area contributed by atoms with Gasteiger partial charge in [0.1, 0.15) is 0 Å². The lowest BCUT2D eigenvalue weighted by Gasteiger charge is -2.39. The smallest absolute Gasteiger partial charge is 0.154 e. The third-order valence-corrected chi connectivity index (χ3v) is 5.31. The molecule has 1 heterocycles. The number of likely N-dealkylation sites (N-methyl/N-ethyl adjacent to an activating group) is 1. The molecule has 1 fully saturated rings. The molecule has 0 bridgehead atoms. The molecule has 2 atom stereocenters. The van der Waals surface area contributed by atoms with E-state index in [1.54, 1.807) is 0 Å². The van der Waals surface area contributed by atoms with Crippen LogP contribution in [0.5, 0.6) is 0 Å². The zero-order valence-electron chi connectivity index (χ0n) is 9.90. The summed E-state index contributed by atoms with van der Waals surface area (Å²) in [7, 11) is -1.16. The maximum absolute atomic E-state index is 11.4.